The maximum absolute atomic E-state index is 13.7. The molecule has 0 aliphatic heterocycles. The average molecular weight is 384 g/mol. The number of halogens is 2. The number of hydrogen-bond acceptors (Lipinski definition) is 6. The number of nitrogens with zero attached hydrogens (tertiary/aromatic N) is 4. The summed E-state index contributed by atoms with van der Waals surface area (Å²) in [6.45, 7) is 1.47. The van der Waals surface area contributed by atoms with Crippen molar-refractivity contribution in [3.05, 3.63) is 48.0 Å². The third kappa shape index (κ3) is 5.29. The minimum Gasteiger partial charge on any atom is -0.460 e. The van der Waals surface area contributed by atoms with Crippen molar-refractivity contribution >= 4 is 24.2 Å². The summed E-state index contributed by atoms with van der Waals surface area (Å²) in [6.07, 6.45) is 0.985. The van der Waals surface area contributed by atoms with E-state index in [0.717, 1.165) is 29.6 Å². The fourth-order valence-electron chi connectivity index (χ4n) is 2.19. The SMILES string of the molecule is Cl.Cn1nnnc1SCCCNCc1ccc(-c2ccccc2F)o1. The molecule has 2 heterocycles. The predicted octanol–water partition coefficient (Wildman–Crippen LogP) is 3.30. The van der Waals surface area contributed by atoms with Crippen molar-refractivity contribution in [2.45, 2.75) is 18.1 Å². The normalized spacial score (nSPS) is 10.6. The molecular formula is C16H19ClFN5OS. The van der Waals surface area contributed by atoms with Gasteiger partial charge < -0.3 is 9.73 Å². The van der Waals surface area contributed by atoms with E-state index in [0.29, 0.717) is 17.9 Å². The molecule has 2 aromatic heterocycles. The van der Waals surface area contributed by atoms with Gasteiger partial charge in [0.2, 0.25) is 5.16 Å². The van der Waals surface area contributed by atoms with Gasteiger partial charge in [0.1, 0.15) is 17.3 Å². The Balaban J connectivity index is 0.00000225. The first-order valence-corrected chi connectivity index (χ1v) is 8.62. The van der Waals surface area contributed by atoms with Crippen molar-refractivity contribution in [1.29, 1.82) is 0 Å². The zero-order chi connectivity index (χ0) is 16.8. The van der Waals surface area contributed by atoms with Crippen molar-refractivity contribution in [1.82, 2.24) is 25.5 Å². The number of tetrazole rings is 1. The van der Waals surface area contributed by atoms with Gasteiger partial charge in [-0.2, -0.15) is 0 Å². The van der Waals surface area contributed by atoms with Crippen LogP contribution in [-0.2, 0) is 13.6 Å². The molecule has 0 saturated carbocycles. The van der Waals surface area contributed by atoms with E-state index in [4.69, 9.17) is 4.42 Å². The quantitative estimate of drug-likeness (QED) is 0.475. The lowest BCUT2D eigenvalue weighted by Gasteiger charge is -2.03. The van der Waals surface area contributed by atoms with Crippen LogP contribution in [0.3, 0.4) is 0 Å². The Morgan fingerprint density at radius 2 is 2.08 bits per heavy atom. The second-order valence-corrected chi connectivity index (χ2v) is 6.27. The largest absolute Gasteiger partial charge is 0.460 e. The van der Waals surface area contributed by atoms with Crippen molar-refractivity contribution in [3.8, 4) is 11.3 Å². The molecule has 3 rings (SSSR count). The van der Waals surface area contributed by atoms with Gasteiger partial charge in [0.05, 0.1) is 12.1 Å². The minimum atomic E-state index is -0.276. The Bertz CT molecular complexity index is 794. The lowest BCUT2D eigenvalue weighted by Crippen LogP contribution is -2.14. The van der Waals surface area contributed by atoms with Crippen molar-refractivity contribution in [3.63, 3.8) is 0 Å². The van der Waals surface area contributed by atoms with Crippen LogP contribution in [-0.4, -0.2) is 32.5 Å². The Morgan fingerprint density at radius 1 is 1.24 bits per heavy atom. The number of benzene rings is 1. The van der Waals surface area contributed by atoms with Gasteiger partial charge >= 0.3 is 0 Å². The van der Waals surface area contributed by atoms with E-state index in [9.17, 15) is 4.39 Å². The van der Waals surface area contributed by atoms with Gasteiger partial charge in [-0.25, -0.2) is 9.07 Å². The third-order valence-electron chi connectivity index (χ3n) is 3.41. The number of aromatic nitrogens is 4. The number of aryl methyl sites for hydroxylation is 1. The monoisotopic (exact) mass is 383 g/mol. The van der Waals surface area contributed by atoms with Crippen LogP contribution in [0.2, 0.25) is 0 Å². The van der Waals surface area contributed by atoms with Crippen LogP contribution in [0, 0.1) is 5.82 Å². The molecule has 0 amide bonds. The Labute approximate surface area is 155 Å². The molecule has 6 nitrogen and oxygen atoms in total. The Morgan fingerprint density at radius 3 is 2.84 bits per heavy atom. The number of thioether (sulfide) groups is 1. The summed E-state index contributed by atoms with van der Waals surface area (Å²) in [5.74, 6) is 2.00. The summed E-state index contributed by atoms with van der Waals surface area (Å²) < 4.78 is 21.1. The Kier molecular flexibility index (Phi) is 7.42. The standard InChI is InChI=1S/C16H18FN5OS.ClH/c1-22-16(19-20-21-22)24-10-4-9-18-11-12-7-8-15(23-12)13-5-2-3-6-14(13)17;/h2-3,5-8,18H,4,9-11H2,1H3;1H. The van der Waals surface area contributed by atoms with E-state index in [1.807, 2.05) is 13.1 Å². The first-order chi connectivity index (χ1) is 11.7. The minimum absolute atomic E-state index is 0. The summed E-state index contributed by atoms with van der Waals surface area (Å²) in [4.78, 5) is 0. The maximum atomic E-state index is 13.7. The van der Waals surface area contributed by atoms with E-state index in [1.54, 1.807) is 40.7 Å². The molecule has 9 heteroatoms. The molecule has 134 valence electrons. The average Bonchev–Trinajstić information content (AvgIpc) is 3.20. The molecular weight excluding hydrogens is 365 g/mol. The van der Waals surface area contributed by atoms with E-state index < -0.39 is 0 Å². The van der Waals surface area contributed by atoms with E-state index in [2.05, 4.69) is 20.8 Å². The molecule has 1 N–H and O–H groups in total. The molecule has 0 atom stereocenters. The molecule has 3 aromatic rings. The fourth-order valence-corrected chi connectivity index (χ4v) is 2.98. The zero-order valence-corrected chi connectivity index (χ0v) is 15.3. The number of rotatable bonds is 8. The van der Waals surface area contributed by atoms with Gasteiger partial charge in [0.25, 0.3) is 0 Å². The molecule has 0 spiro atoms. The van der Waals surface area contributed by atoms with Crippen molar-refractivity contribution in [2.24, 2.45) is 7.05 Å². The molecule has 0 bridgehead atoms. The van der Waals surface area contributed by atoms with Crippen LogP contribution >= 0.6 is 24.2 Å². The maximum Gasteiger partial charge on any atom is 0.209 e. The van der Waals surface area contributed by atoms with Crippen LogP contribution in [0.25, 0.3) is 11.3 Å². The number of furan rings is 1. The molecule has 0 aliphatic carbocycles. The third-order valence-corrected chi connectivity index (χ3v) is 4.51. The van der Waals surface area contributed by atoms with E-state index >= 15 is 0 Å². The number of nitrogens with one attached hydrogen (secondary N) is 1. The van der Waals surface area contributed by atoms with E-state index in [1.165, 1.54) is 6.07 Å². The summed E-state index contributed by atoms with van der Waals surface area (Å²) in [5.41, 5.74) is 0.484. The summed E-state index contributed by atoms with van der Waals surface area (Å²) in [5, 5.41) is 15.4. The first kappa shape index (κ1) is 19.4. The van der Waals surface area contributed by atoms with Gasteiger partial charge in [0, 0.05) is 12.8 Å². The van der Waals surface area contributed by atoms with Crippen molar-refractivity contribution < 1.29 is 8.81 Å². The molecule has 0 fully saturated rings. The van der Waals surface area contributed by atoms with Crippen LogP contribution in [0.5, 0.6) is 0 Å². The summed E-state index contributed by atoms with van der Waals surface area (Å²) in [7, 11) is 1.82. The van der Waals surface area contributed by atoms with Gasteiger partial charge in [-0.15, -0.1) is 17.5 Å². The topological polar surface area (TPSA) is 68.8 Å². The Hall–Kier alpha value is -1.90. The van der Waals surface area contributed by atoms with Crippen LogP contribution < -0.4 is 5.32 Å². The van der Waals surface area contributed by atoms with Gasteiger partial charge in [-0.05, 0) is 47.7 Å². The zero-order valence-electron chi connectivity index (χ0n) is 13.7. The van der Waals surface area contributed by atoms with Crippen LogP contribution in [0.4, 0.5) is 4.39 Å². The molecule has 0 radical (unpaired) electrons. The molecule has 1 aromatic carbocycles. The highest BCUT2D eigenvalue weighted by molar-refractivity contribution is 7.99. The van der Waals surface area contributed by atoms with Gasteiger partial charge in [-0.3, -0.25) is 0 Å². The second-order valence-electron chi connectivity index (χ2n) is 5.21. The molecule has 0 aliphatic rings. The smallest absolute Gasteiger partial charge is 0.209 e. The van der Waals surface area contributed by atoms with Crippen LogP contribution in [0.15, 0.2) is 46.0 Å². The predicted molar refractivity (Wildman–Crippen MR) is 97.2 cm³/mol. The second kappa shape index (κ2) is 9.55. The van der Waals surface area contributed by atoms with E-state index in [-0.39, 0.29) is 18.2 Å². The highest BCUT2D eigenvalue weighted by Gasteiger charge is 2.08. The first-order valence-electron chi connectivity index (χ1n) is 7.63. The highest BCUT2D eigenvalue weighted by atomic mass is 35.5. The fraction of sp³-hybridized carbons (Fsp3) is 0.312. The molecule has 25 heavy (non-hydrogen) atoms. The molecule has 0 saturated heterocycles. The lowest BCUT2D eigenvalue weighted by atomic mass is 10.1. The van der Waals surface area contributed by atoms with Gasteiger partial charge in [-0.1, -0.05) is 23.9 Å². The summed E-state index contributed by atoms with van der Waals surface area (Å²) in [6, 6.07) is 10.3. The van der Waals surface area contributed by atoms with Gasteiger partial charge in [0.15, 0.2) is 0 Å². The highest BCUT2D eigenvalue weighted by Crippen LogP contribution is 2.24. The molecule has 0 unspecified atom stereocenters. The number of hydrogen-bond donors (Lipinski definition) is 1. The lowest BCUT2D eigenvalue weighted by molar-refractivity contribution is 0.490. The van der Waals surface area contributed by atoms with Crippen LogP contribution in [0.1, 0.15) is 12.2 Å². The van der Waals surface area contributed by atoms with Crippen molar-refractivity contribution in [2.75, 3.05) is 12.3 Å². The summed E-state index contributed by atoms with van der Waals surface area (Å²) >= 11 is 1.62.